The van der Waals surface area contributed by atoms with Gasteiger partial charge in [0.05, 0.1) is 132 Å². The number of ether oxygens (including phenoxy) is 11. The fourth-order valence-corrected chi connectivity index (χ4v) is 2.75. The molecule has 0 spiro atoms. The van der Waals surface area contributed by atoms with Gasteiger partial charge in [0.2, 0.25) is 5.91 Å². The average molecular weight is 616 g/mol. The topological polar surface area (TPSA) is 168 Å². The highest BCUT2D eigenvalue weighted by atomic mass is 16.6. The normalized spacial score (nSPS) is 11.4. The molecule has 1 amide bonds. The van der Waals surface area contributed by atoms with Gasteiger partial charge in [-0.15, -0.1) is 0 Å². The smallest absolute Gasteiger partial charge is 0.329 e. The molecule has 15 heteroatoms. The van der Waals surface area contributed by atoms with Crippen LogP contribution >= 0.6 is 0 Å². The van der Waals surface area contributed by atoms with Crippen molar-refractivity contribution >= 4 is 11.9 Å². The van der Waals surface area contributed by atoms with Crippen LogP contribution in [0.3, 0.4) is 0 Å². The van der Waals surface area contributed by atoms with E-state index >= 15 is 0 Å². The molecule has 250 valence electrons. The van der Waals surface area contributed by atoms with Crippen molar-refractivity contribution in [1.29, 1.82) is 0 Å². The van der Waals surface area contributed by atoms with E-state index in [1.807, 2.05) is 13.8 Å². The molecule has 0 aromatic carbocycles. The number of carboxylic acid groups (broad SMARTS) is 1. The Balaban J connectivity index is 3.09. The predicted molar refractivity (Wildman–Crippen MR) is 150 cm³/mol. The van der Waals surface area contributed by atoms with Crippen molar-refractivity contribution < 1.29 is 66.8 Å². The third-order valence-corrected chi connectivity index (χ3v) is 4.68. The first-order valence-electron chi connectivity index (χ1n) is 14.4. The molecule has 0 bridgehead atoms. The summed E-state index contributed by atoms with van der Waals surface area (Å²) in [6.45, 7) is 12.7. The minimum atomic E-state index is -1.12. The Morgan fingerprint density at radius 3 is 1.10 bits per heavy atom. The van der Waals surface area contributed by atoms with Crippen molar-refractivity contribution in [1.82, 2.24) is 5.32 Å². The van der Waals surface area contributed by atoms with Crippen molar-refractivity contribution in [2.24, 2.45) is 0 Å². The van der Waals surface area contributed by atoms with Crippen LogP contribution in [-0.2, 0) is 61.7 Å². The van der Waals surface area contributed by atoms with Gasteiger partial charge in [0, 0.05) is 6.54 Å². The van der Waals surface area contributed by atoms with E-state index in [0.29, 0.717) is 132 Å². The SMILES string of the molecule is CC(C)OCCOCCOCCOCCOCCOCCOCCOCCOCCOCCNC(=O)COCC(=O)O. The quantitative estimate of drug-likeness (QED) is 0.0898. The van der Waals surface area contributed by atoms with Gasteiger partial charge in [-0.3, -0.25) is 4.79 Å². The molecule has 0 aliphatic heterocycles. The van der Waals surface area contributed by atoms with Gasteiger partial charge in [-0.25, -0.2) is 4.79 Å². The Bertz CT molecular complexity index is 585. The van der Waals surface area contributed by atoms with Gasteiger partial charge in [0.1, 0.15) is 13.2 Å². The molecule has 0 heterocycles. The fourth-order valence-electron chi connectivity index (χ4n) is 2.75. The largest absolute Gasteiger partial charge is 0.480 e. The van der Waals surface area contributed by atoms with Gasteiger partial charge in [-0.2, -0.15) is 0 Å². The summed E-state index contributed by atoms with van der Waals surface area (Å²) in [7, 11) is 0. The van der Waals surface area contributed by atoms with E-state index in [1.165, 1.54) is 0 Å². The number of hydrogen-bond acceptors (Lipinski definition) is 13. The third-order valence-electron chi connectivity index (χ3n) is 4.68. The maximum atomic E-state index is 11.3. The van der Waals surface area contributed by atoms with Crippen LogP contribution in [-0.4, -0.2) is 168 Å². The van der Waals surface area contributed by atoms with E-state index in [9.17, 15) is 9.59 Å². The Morgan fingerprint density at radius 1 is 0.476 bits per heavy atom. The standard InChI is InChI=1S/C27H53NO14/c1-25(2)42-22-21-40-20-19-39-18-17-38-16-15-37-14-13-36-12-11-35-10-9-34-8-7-33-6-5-32-4-3-28-26(29)23-41-24-27(30)31/h25H,3-24H2,1-2H3,(H,28,29)(H,30,31). The molecule has 0 fully saturated rings. The monoisotopic (exact) mass is 615 g/mol. The van der Waals surface area contributed by atoms with Crippen molar-refractivity contribution in [3.8, 4) is 0 Å². The summed E-state index contributed by atoms with van der Waals surface area (Å²) in [6.07, 6.45) is 0.223. The van der Waals surface area contributed by atoms with Crippen molar-refractivity contribution in [2.45, 2.75) is 20.0 Å². The lowest BCUT2D eigenvalue weighted by molar-refractivity contribution is -0.143. The number of nitrogens with one attached hydrogen (secondary N) is 1. The van der Waals surface area contributed by atoms with Crippen LogP contribution in [0.25, 0.3) is 0 Å². The zero-order chi connectivity index (χ0) is 30.8. The molecule has 15 nitrogen and oxygen atoms in total. The summed E-state index contributed by atoms with van der Waals surface area (Å²) >= 11 is 0. The average Bonchev–Trinajstić information content (AvgIpc) is 2.95. The maximum absolute atomic E-state index is 11.3. The first-order chi connectivity index (χ1) is 20.5. The summed E-state index contributed by atoms with van der Waals surface area (Å²) in [5, 5.41) is 11.0. The second kappa shape index (κ2) is 34.0. The molecule has 0 rings (SSSR count). The van der Waals surface area contributed by atoms with Crippen molar-refractivity contribution in [2.75, 3.05) is 145 Å². The summed E-state index contributed by atoms with van der Waals surface area (Å²) in [4.78, 5) is 21.6. The van der Waals surface area contributed by atoms with Crippen molar-refractivity contribution in [3.05, 3.63) is 0 Å². The van der Waals surface area contributed by atoms with Gasteiger partial charge >= 0.3 is 5.97 Å². The Hall–Kier alpha value is -1.50. The molecule has 2 N–H and O–H groups in total. The number of hydrogen-bond donors (Lipinski definition) is 2. The Morgan fingerprint density at radius 2 is 0.786 bits per heavy atom. The van der Waals surface area contributed by atoms with E-state index in [-0.39, 0.29) is 12.7 Å². The lowest BCUT2D eigenvalue weighted by atomic mass is 10.5. The molecule has 0 unspecified atom stereocenters. The fraction of sp³-hybridized carbons (Fsp3) is 0.926. The minimum absolute atomic E-state index is 0.223. The van der Waals surface area contributed by atoms with E-state index < -0.39 is 18.5 Å². The number of carbonyl (C=O) groups excluding carboxylic acids is 1. The zero-order valence-corrected chi connectivity index (χ0v) is 25.4. The number of aliphatic carboxylic acids is 1. The predicted octanol–water partition coefficient (Wildman–Crippen LogP) is -0.222. The zero-order valence-electron chi connectivity index (χ0n) is 25.4. The van der Waals surface area contributed by atoms with Gasteiger partial charge in [0.25, 0.3) is 0 Å². The summed E-state index contributed by atoms with van der Waals surface area (Å²) < 4.78 is 58.7. The molecule has 0 aromatic rings. The van der Waals surface area contributed by atoms with Gasteiger partial charge in [0.15, 0.2) is 0 Å². The molecule has 0 saturated heterocycles. The highest BCUT2D eigenvalue weighted by Gasteiger charge is 2.03. The van der Waals surface area contributed by atoms with Gasteiger partial charge in [-0.05, 0) is 13.8 Å². The molecule has 0 radical (unpaired) electrons. The Kier molecular flexibility index (Phi) is 32.8. The molecule has 0 atom stereocenters. The summed E-state index contributed by atoms with van der Waals surface area (Å²) in [6, 6.07) is 0. The number of amides is 1. The maximum Gasteiger partial charge on any atom is 0.329 e. The van der Waals surface area contributed by atoms with Crippen LogP contribution in [0.5, 0.6) is 0 Å². The summed E-state index contributed by atoms with van der Waals surface area (Å²) in [5.74, 6) is -1.52. The Labute approximate surface area is 249 Å². The van der Waals surface area contributed by atoms with E-state index in [2.05, 4.69) is 10.1 Å². The van der Waals surface area contributed by atoms with E-state index in [0.717, 1.165) is 0 Å². The minimum Gasteiger partial charge on any atom is -0.480 e. The van der Waals surface area contributed by atoms with Crippen molar-refractivity contribution in [3.63, 3.8) is 0 Å². The lowest BCUT2D eigenvalue weighted by Gasteiger charge is -2.09. The van der Waals surface area contributed by atoms with Gasteiger partial charge in [-0.1, -0.05) is 0 Å². The molecule has 0 aliphatic rings. The van der Waals surface area contributed by atoms with Crippen LogP contribution in [0.4, 0.5) is 0 Å². The van der Waals surface area contributed by atoms with E-state index in [4.69, 9.17) is 52.5 Å². The summed E-state index contributed by atoms with van der Waals surface area (Å²) in [5.41, 5.74) is 0. The number of carbonyl (C=O) groups is 2. The molecule has 0 aromatic heterocycles. The van der Waals surface area contributed by atoms with Gasteiger partial charge < -0.3 is 62.5 Å². The molecule has 0 aliphatic carbocycles. The molecular weight excluding hydrogens is 562 g/mol. The molecular formula is C27H53NO14. The lowest BCUT2D eigenvalue weighted by Crippen LogP contribution is -2.31. The van der Waals surface area contributed by atoms with Crippen LogP contribution in [0, 0.1) is 0 Å². The first-order valence-corrected chi connectivity index (χ1v) is 14.4. The van der Waals surface area contributed by atoms with E-state index in [1.54, 1.807) is 0 Å². The number of rotatable bonds is 35. The molecule has 0 saturated carbocycles. The number of carboxylic acids is 1. The van der Waals surface area contributed by atoms with Crippen LogP contribution in [0.15, 0.2) is 0 Å². The van der Waals surface area contributed by atoms with Crippen LogP contribution in [0.1, 0.15) is 13.8 Å². The van der Waals surface area contributed by atoms with Crippen LogP contribution in [0.2, 0.25) is 0 Å². The highest BCUT2D eigenvalue weighted by Crippen LogP contribution is 1.89. The first kappa shape index (κ1) is 40.5. The highest BCUT2D eigenvalue weighted by molar-refractivity contribution is 5.77. The second-order valence-electron chi connectivity index (χ2n) is 8.67. The molecule has 42 heavy (non-hydrogen) atoms. The third kappa shape index (κ3) is 36.5. The van der Waals surface area contributed by atoms with Crippen LogP contribution < -0.4 is 5.32 Å². The second-order valence-corrected chi connectivity index (χ2v) is 8.67.